The van der Waals surface area contributed by atoms with E-state index in [2.05, 4.69) is 17.0 Å². The third-order valence-corrected chi connectivity index (χ3v) is 5.21. The van der Waals surface area contributed by atoms with Crippen molar-refractivity contribution in [3.05, 3.63) is 57.3 Å². The van der Waals surface area contributed by atoms with Crippen LogP contribution in [0.1, 0.15) is 16.8 Å². The Bertz CT molecular complexity index is 806. The Morgan fingerprint density at radius 1 is 1.15 bits per heavy atom. The smallest absolute Gasteiger partial charge is 0.246 e. The van der Waals surface area contributed by atoms with E-state index < -0.39 is 0 Å². The van der Waals surface area contributed by atoms with Gasteiger partial charge in [0.15, 0.2) is 0 Å². The summed E-state index contributed by atoms with van der Waals surface area (Å²) in [7, 11) is 2.07. The van der Waals surface area contributed by atoms with Crippen molar-refractivity contribution in [1.82, 2.24) is 19.6 Å². The molecule has 1 aromatic heterocycles. The number of carbonyl (C=O) groups is 1. The van der Waals surface area contributed by atoms with Gasteiger partial charge in [0, 0.05) is 42.8 Å². The van der Waals surface area contributed by atoms with Crippen LogP contribution >= 0.6 is 23.2 Å². The second-order valence-corrected chi connectivity index (χ2v) is 7.33. The molecule has 7 heteroatoms. The number of halogens is 2. The van der Waals surface area contributed by atoms with Crippen molar-refractivity contribution in [2.45, 2.75) is 13.5 Å². The monoisotopic (exact) mass is 392 g/mol. The van der Waals surface area contributed by atoms with Crippen molar-refractivity contribution in [2.75, 3.05) is 33.2 Å². The Morgan fingerprint density at radius 3 is 2.46 bits per heavy atom. The molecule has 0 saturated carbocycles. The number of hydrogen-bond donors (Lipinski definition) is 0. The van der Waals surface area contributed by atoms with E-state index in [-0.39, 0.29) is 5.91 Å². The molecule has 1 fully saturated rings. The van der Waals surface area contributed by atoms with Crippen LogP contribution < -0.4 is 0 Å². The van der Waals surface area contributed by atoms with Gasteiger partial charge in [0.2, 0.25) is 5.91 Å². The first-order valence-corrected chi connectivity index (χ1v) is 9.32. The first kappa shape index (κ1) is 19.0. The molecule has 1 aromatic carbocycles. The number of aryl methyl sites for hydroxylation is 1. The van der Waals surface area contributed by atoms with E-state index in [0.29, 0.717) is 16.7 Å². The van der Waals surface area contributed by atoms with Crippen molar-refractivity contribution in [3.8, 4) is 0 Å². The highest BCUT2D eigenvalue weighted by Gasteiger charge is 2.18. The van der Waals surface area contributed by atoms with Gasteiger partial charge in [-0.1, -0.05) is 35.3 Å². The number of piperazine rings is 1. The van der Waals surface area contributed by atoms with Crippen molar-refractivity contribution < 1.29 is 4.79 Å². The Morgan fingerprint density at radius 2 is 1.81 bits per heavy atom. The first-order valence-electron chi connectivity index (χ1n) is 8.57. The number of nitrogens with zero attached hydrogens (tertiary/aromatic N) is 4. The number of hydrogen-bond acceptors (Lipinski definition) is 3. The molecule has 0 unspecified atom stereocenters. The molecule has 0 N–H and O–H groups in total. The summed E-state index contributed by atoms with van der Waals surface area (Å²) in [6, 6.07) is 7.58. The topological polar surface area (TPSA) is 41.4 Å². The highest BCUT2D eigenvalue weighted by molar-refractivity contribution is 6.31. The van der Waals surface area contributed by atoms with Gasteiger partial charge >= 0.3 is 0 Å². The minimum absolute atomic E-state index is 0.0130. The Kier molecular flexibility index (Phi) is 6.01. The predicted molar refractivity (Wildman–Crippen MR) is 106 cm³/mol. The lowest BCUT2D eigenvalue weighted by atomic mass is 10.2. The second-order valence-electron chi connectivity index (χ2n) is 6.54. The summed E-state index contributed by atoms with van der Waals surface area (Å²) >= 11 is 12.4. The van der Waals surface area contributed by atoms with Crippen LogP contribution in [0.15, 0.2) is 30.3 Å². The maximum Gasteiger partial charge on any atom is 0.246 e. The fourth-order valence-corrected chi connectivity index (χ4v) is 3.33. The fraction of sp³-hybridized carbons (Fsp3) is 0.368. The highest BCUT2D eigenvalue weighted by Crippen LogP contribution is 2.23. The molecule has 26 heavy (non-hydrogen) atoms. The van der Waals surface area contributed by atoms with Crippen molar-refractivity contribution in [2.24, 2.45) is 0 Å². The molecular weight excluding hydrogens is 371 g/mol. The Labute approximate surface area is 163 Å². The van der Waals surface area contributed by atoms with E-state index in [1.54, 1.807) is 16.8 Å². The summed E-state index contributed by atoms with van der Waals surface area (Å²) < 4.78 is 1.74. The van der Waals surface area contributed by atoms with E-state index in [0.717, 1.165) is 43.0 Å². The van der Waals surface area contributed by atoms with Gasteiger partial charge in [0.1, 0.15) is 5.15 Å². The number of amides is 1. The second kappa shape index (κ2) is 8.25. The molecular formula is C19H22Cl2N4O. The van der Waals surface area contributed by atoms with E-state index >= 15 is 0 Å². The minimum atomic E-state index is 0.0130. The van der Waals surface area contributed by atoms with Crippen molar-refractivity contribution in [3.63, 3.8) is 0 Å². The zero-order valence-corrected chi connectivity index (χ0v) is 16.5. The number of benzene rings is 1. The van der Waals surface area contributed by atoms with E-state index in [1.165, 1.54) is 0 Å². The molecule has 0 atom stereocenters. The summed E-state index contributed by atoms with van der Waals surface area (Å²) in [5.41, 5.74) is 2.64. The molecule has 0 aliphatic carbocycles. The lowest BCUT2D eigenvalue weighted by Gasteiger charge is -2.31. The minimum Gasteiger partial charge on any atom is -0.337 e. The summed E-state index contributed by atoms with van der Waals surface area (Å²) in [4.78, 5) is 16.4. The van der Waals surface area contributed by atoms with Crippen molar-refractivity contribution in [1.29, 1.82) is 0 Å². The standard InChI is InChI=1S/C19H22Cl2N4O/c1-14-17(7-8-18(26)24-11-9-23(2)10-12-24)19(21)25(22-14)13-15-3-5-16(20)6-4-15/h3-8H,9-13H2,1-2H3/b8-7+. The average molecular weight is 393 g/mol. The zero-order valence-electron chi connectivity index (χ0n) is 15.0. The lowest BCUT2D eigenvalue weighted by molar-refractivity contribution is -0.127. The van der Waals surface area contributed by atoms with Gasteiger partial charge in [0.05, 0.1) is 12.2 Å². The summed E-state index contributed by atoms with van der Waals surface area (Å²) in [5, 5.41) is 5.72. The molecule has 1 aliphatic rings. The summed E-state index contributed by atoms with van der Waals surface area (Å²) in [6.07, 6.45) is 3.36. The average Bonchev–Trinajstić information content (AvgIpc) is 2.89. The molecule has 138 valence electrons. The third kappa shape index (κ3) is 4.47. The summed E-state index contributed by atoms with van der Waals surface area (Å²) in [6.45, 7) is 5.75. The molecule has 2 heterocycles. The van der Waals surface area contributed by atoms with Crippen LogP contribution in [-0.2, 0) is 11.3 Å². The van der Waals surface area contributed by atoms with Gasteiger partial charge in [-0.2, -0.15) is 5.10 Å². The van der Waals surface area contributed by atoms with Gasteiger partial charge in [-0.25, -0.2) is 4.68 Å². The summed E-state index contributed by atoms with van der Waals surface area (Å²) in [5.74, 6) is 0.0130. The van der Waals surface area contributed by atoms with Gasteiger partial charge in [-0.05, 0) is 37.7 Å². The molecule has 2 aromatic rings. The van der Waals surface area contributed by atoms with Crippen LogP contribution in [-0.4, -0.2) is 58.7 Å². The molecule has 3 rings (SSSR count). The third-order valence-electron chi connectivity index (χ3n) is 4.56. The van der Waals surface area contributed by atoms with Crippen molar-refractivity contribution >= 4 is 35.2 Å². The van der Waals surface area contributed by atoms with Crippen LogP contribution in [0.25, 0.3) is 6.08 Å². The zero-order chi connectivity index (χ0) is 18.7. The largest absolute Gasteiger partial charge is 0.337 e. The van der Waals surface area contributed by atoms with Crippen LogP contribution in [0.3, 0.4) is 0 Å². The number of carbonyl (C=O) groups excluding carboxylic acids is 1. The molecule has 1 saturated heterocycles. The molecule has 1 aliphatic heterocycles. The molecule has 1 amide bonds. The first-order chi connectivity index (χ1) is 12.4. The normalized spacial score (nSPS) is 15.8. The number of rotatable bonds is 4. The van der Waals surface area contributed by atoms with Gasteiger partial charge < -0.3 is 9.80 Å². The predicted octanol–water partition coefficient (Wildman–Crippen LogP) is 3.33. The maximum atomic E-state index is 12.4. The van der Waals surface area contributed by atoms with E-state index in [9.17, 15) is 4.79 Å². The quantitative estimate of drug-likeness (QED) is 0.749. The molecule has 0 bridgehead atoms. The molecule has 0 radical (unpaired) electrons. The highest BCUT2D eigenvalue weighted by atomic mass is 35.5. The molecule has 0 spiro atoms. The van der Waals surface area contributed by atoms with Gasteiger partial charge in [0.25, 0.3) is 0 Å². The lowest BCUT2D eigenvalue weighted by Crippen LogP contribution is -2.46. The number of aromatic nitrogens is 2. The van der Waals surface area contributed by atoms with Crippen LogP contribution in [0.4, 0.5) is 0 Å². The van der Waals surface area contributed by atoms with Gasteiger partial charge in [-0.15, -0.1) is 0 Å². The fourth-order valence-electron chi connectivity index (χ4n) is 2.91. The van der Waals surface area contributed by atoms with Gasteiger partial charge in [-0.3, -0.25) is 4.79 Å². The SMILES string of the molecule is Cc1nn(Cc2ccc(Cl)cc2)c(Cl)c1/C=C/C(=O)N1CCN(C)CC1. The Balaban J connectivity index is 1.71. The van der Waals surface area contributed by atoms with E-state index in [4.69, 9.17) is 23.2 Å². The maximum absolute atomic E-state index is 12.4. The van der Waals surface area contributed by atoms with Crippen LogP contribution in [0.5, 0.6) is 0 Å². The number of likely N-dealkylation sites (N-methyl/N-ethyl adjacent to an activating group) is 1. The van der Waals surface area contributed by atoms with E-state index in [1.807, 2.05) is 36.1 Å². The van der Waals surface area contributed by atoms with Crippen LogP contribution in [0.2, 0.25) is 10.2 Å². The van der Waals surface area contributed by atoms with Crippen LogP contribution in [0, 0.1) is 6.92 Å². The molecule has 5 nitrogen and oxygen atoms in total. The Hall–Kier alpha value is -1.82.